The molecule has 0 aliphatic heterocycles. The Bertz CT molecular complexity index is 438. The minimum atomic E-state index is -4.92. The predicted octanol–water partition coefficient (Wildman–Crippen LogP) is 3.63. The van der Waals surface area contributed by atoms with E-state index < -0.39 is 35.8 Å². The van der Waals surface area contributed by atoms with Crippen LogP contribution in [0, 0.1) is 11.3 Å². The van der Waals surface area contributed by atoms with Gasteiger partial charge in [0.25, 0.3) is 0 Å². The second-order valence-electron chi connectivity index (χ2n) is 3.19. The highest BCUT2D eigenvalue weighted by Crippen LogP contribution is 2.38. The summed E-state index contributed by atoms with van der Waals surface area (Å²) in [5.41, 5.74) is -2.96. The molecule has 0 aliphatic carbocycles. The lowest BCUT2D eigenvalue weighted by molar-refractivity contribution is -0.143. The molecule has 0 aromatic heterocycles. The van der Waals surface area contributed by atoms with Crippen molar-refractivity contribution >= 4 is 0 Å². The molecule has 0 saturated carbocycles. The van der Waals surface area contributed by atoms with Gasteiger partial charge in [0.1, 0.15) is 11.8 Å². The molecule has 0 bridgehead atoms. The van der Waals surface area contributed by atoms with E-state index in [1.807, 2.05) is 0 Å². The summed E-state index contributed by atoms with van der Waals surface area (Å²) in [6, 6.07) is 2.25. The zero-order valence-electron chi connectivity index (χ0n) is 8.56. The second-order valence-corrected chi connectivity index (χ2v) is 3.19. The van der Waals surface area contributed by atoms with Crippen molar-refractivity contribution in [3.05, 3.63) is 29.3 Å². The van der Waals surface area contributed by atoms with E-state index in [4.69, 9.17) is 5.26 Å². The molecule has 0 unspecified atom stereocenters. The number of hydrogen-bond donors (Lipinski definition) is 0. The summed E-state index contributed by atoms with van der Waals surface area (Å²) < 4.78 is 78.7. The Morgan fingerprint density at radius 1 is 0.944 bits per heavy atom. The smallest absolute Gasteiger partial charge is 0.416 e. The molecule has 1 aromatic rings. The number of benzene rings is 1. The van der Waals surface area contributed by atoms with Crippen LogP contribution >= 0.6 is 0 Å². The summed E-state index contributed by atoms with van der Waals surface area (Å²) in [5, 5.41) is 8.17. The molecular formula is C10H5F6NO. The lowest BCUT2D eigenvalue weighted by Crippen LogP contribution is -2.11. The van der Waals surface area contributed by atoms with Gasteiger partial charge >= 0.3 is 12.4 Å². The Hall–Kier alpha value is -1.91. The molecule has 1 rings (SSSR count). The van der Waals surface area contributed by atoms with Gasteiger partial charge in [-0.1, -0.05) is 0 Å². The van der Waals surface area contributed by atoms with Crippen LogP contribution in [0.15, 0.2) is 18.2 Å². The Kier molecular flexibility index (Phi) is 3.74. The molecule has 0 fully saturated rings. The normalized spacial score (nSPS) is 12.1. The zero-order valence-corrected chi connectivity index (χ0v) is 8.56. The van der Waals surface area contributed by atoms with Gasteiger partial charge in [-0.2, -0.15) is 31.6 Å². The van der Waals surface area contributed by atoms with Crippen molar-refractivity contribution in [1.82, 2.24) is 0 Å². The maximum absolute atomic E-state index is 12.4. The molecule has 0 radical (unpaired) electrons. The largest absolute Gasteiger partial charge is 0.479 e. The third-order valence-electron chi connectivity index (χ3n) is 1.86. The Morgan fingerprint density at radius 2 is 1.39 bits per heavy atom. The molecule has 18 heavy (non-hydrogen) atoms. The minimum Gasteiger partial charge on any atom is -0.479 e. The zero-order chi connectivity index (χ0) is 14.0. The van der Waals surface area contributed by atoms with Crippen LogP contribution in [-0.2, 0) is 12.4 Å². The van der Waals surface area contributed by atoms with Gasteiger partial charge in [-0.05, 0) is 18.2 Å². The fraction of sp³-hybridized carbons (Fsp3) is 0.300. The van der Waals surface area contributed by atoms with Crippen LogP contribution in [-0.4, -0.2) is 6.61 Å². The van der Waals surface area contributed by atoms with E-state index >= 15 is 0 Å². The molecule has 98 valence electrons. The summed E-state index contributed by atoms with van der Waals surface area (Å²) >= 11 is 0. The molecular weight excluding hydrogens is 264 g/mol. The average Bonchev–Trinajstić information content (AvgIpc) is 2.23. The number of alkyl halides is 6. The van der Waals surface area contributed by atoms with Crippen LogP contribution in [0.3, 0.4) is 0 Å². The first-order valence-electron chi connectivity index (χ1n) is 4.44. The van der Waals surface area contributed by atoms with Gasteiger partial charge < -0.3 is 4.74 Å². The number of nitriles is 1. The van der Waals surface area contributed by atoms with Crippen LogP contribution in [0.5, 0.6) is 5.75 Å². The Morgan fingerprint density at radius 3 is 1.72 bits per heavy atom. The van der Waals surface area contributed by atoms with Crippen LogP contribution < -0.4 is 4.74 Å². The third kappa shape index (κ3) is 3.55. The van der Waals surface area contributed by atoms with Crippen molar-refractivity contribution in [3.63, 3.8) is 0 Å². The van der Waals surface area contributed by atoms with Gasteiger partial charge in [0.05, 0.1) is 11.1 Å². The lowest BCUT2D eigenvalue weighted by atomic mass is 10.1. The highest BCUT2D eigenvalue weighted by atomic mass is 19.4. The number of nitrogens with zero attached hydrogens (tertiary/aromatic N) is 1. The Balaban J connectivity index is 3.26. The molecule has 8 heteroatoms. The first-order valence-corrected chi connectivity index (χ1v) is 4.44. The number of ether oxygens (including phenoxy) is 1. The van der Waals surface area contributed by atoms with E-state index in [1.54, 1.807) is 0 Å². The molecule has 0 saturated heterocycles. The van der Waals surface area contributed by atoms with Gasteiger partial charge in [0.15, 0.2) is 6.61 Å². The lowest BCUT2D eigenvalue weighted by Gasteiger charge is -2.13. The quantitative estimate of drug-likeness (QED) is 0.768. The van der Waals surface area contributed by atoms with Crippen LogP contribution in [0.4, 0.5) is 26.3 Å². The van der Waals surface area contributed by atoms with E-state index in [9.17, 15) is 26.3 Å². The van der Waals surface area contributed by atoms with Crippen LogP contribution in [0.2, 0.25) is 0 Å². The summed E-state index contributed by atoms with van der Waals surface area (Å²) in [6.07, 6.45) is -9.85. The maximum atomic E-state index is 12.4. The van der Waals surface area contributed by atoms with Crippen molar-refractivity contribution in [2.75, 3.05) is 6.61 Å². The van der Waals surface area contributed by atoms with Crippen molar-refractivity contribution in [2.45, 2.75) is 12.4 Å². The van der Waals surface area contributed by atoms with E-state index in [0.29, 0.717) is 12.1 Å². The van der Waals surface area contributed by atoms with Crippen molar-refractivity contribution in [3.8, 4) is 11.8 Å². The minimum absolute atomic E-state index is 0.0146. The van der Waals surface area contributed by atoms with Crippen molar-refractivity contribution in [1.29, 1.82) is 5.26 Å². The maximum Gasteiger partial charge on any atom is 0.416 e. The number of rotatable bonds is 2. The second kappa shape index (κ2) is 4.76. The molecule has 2 nitrogen and oxygen atoms in total. The van der Waals surface area contributed by atoms with E-state index in [1.165, 1.54) is 6.07 Å². The van der Waals surface area contributed by atoms with Gasteiger partial charge in [0.2, 0.25) is 0 Å². The highest BCUT2D eigenvalue weighted by Gasteiger charge is 2.37. The van der Waals surface area contributed by atoms with Gasteiger partial charge in [-0.15, -0.1) is 0 Å². The SMILES string of the molecule is N#CCOc1cc(C(F)(F)F)cc(C(F)(F)F)c1. The van der Waals surface area contributed by atoms with E-state index in [2.05, 4.69) is 4.74 Å². The van der Waals surface area contributed by atoms with Crippen LogP contribution in [0.25, 0.3) is 0 Å². The van der Waals surface area contributed by atoms with Crippen LogP contribution in [0.1, 0.15) is 11.1 Å². The van der Waals surface area contributed by atoms with Gasteiger partial charge in [-0.3, -0.25) is 0 Å². The summed E-state index contributed by atoms with van der Waals surface area (Å²) in [6.45, 7) is -0.640. The highest BCUT2D eigenvalue weighted by molar-refractivity contribution is 5.37. The fourth-order valence-corrected chi connectivity index (χ4v) is 1.13. The van der Waals surface area contributed by atoms with E-state index in [-0.39, 0.29) is 6.07 Å². The molecule has 0 aliphatic rings. The topological polar surface area (TPSA) is 33.0 Å². The third-order valence-corrected chi connectivity index (χ3v) is 1.86. The van der Waals surface area contributed by atoms with E-state index in [0.717, 1.165) is 0 Å². The molecule has 0 atom stereocenters. The number of hydrogen-bond acceptors (Lipinski definition) is 2. The molecule has 1 aromatic carbocycles. The summed E-state index contributed by atoms with van der Waals surface area (Å²) in [7, 11) is 0. The number of halogens is 6. The molecule has 0 N–H and O–H groups in total. The predicted molar refractivity (Wildman–Crippen MR) is 47.6 cm³/mol. The average molecular weight is 269 g/mol. The van der Waals surface area contributed by atoms with Gasteiger partial charge in [-0.25, -0.2) is 0 Å². The summed E-state index contributed by atoms with van der Waals surface area (Å²) in [5.74, 6) is -0.654. The van der Waals surface area contributed by atoms with Gasteiger partial charge in [0, 0.05) is 0 Å². The first-order chi connectivity index (χ1) is 8.14. The Labute approximate surface area is 97.4 Å². The standard InChI is InChI=1S/C10H5F6NO/c11-9(12,13)6-3-7(10(14,15)16)5-8(4-6)18-2-1-17/h3-5H,2H2. The van der Waals surface area contributed by atoms with Crippen molar-refractivity contribution < 1.29 is 31.1 Å². The molecule has 0 amide bonds. The molecule has 0 spiro atoms. The van der Waals surface area contributed by atoms with Crippen molar-refractivity contribution in [2.24, 2.45) is 0 Å². The molecule has 0 heterocycles. The fourth-order valence-electron chi connectivity index (χ4n) is 1.13. The summed E-state index contributed by atoms with van der Waals surface area (Å²) in [4.78, 5) is 0. The first kappa shape index (κ1) is 14.2. The monoisotopic (exact) mass is 269 g/mol.